The number of alkyl halides is 2. The average molecular weight is 593 g/mol. The normalized spacial score (nSPS) is 20.3. The van der Waals surface area contributed by atoms with E-state index in [4.69, 9.17) is 9.72 Å². The van der Waals surface area contributed by atoms with Crippen LogP contribution in [0.2, 0.25) is 0 Å². The first-order valence-electron chi connectivity index (χ1n) is 14.9. The summed E-state index contributed by atoms with van der Waals surface area (Å²) < 4.78 is 50.9. The number of hydrogen-bond donors (Lipinski definition) is 1. The number of carboxylic acid groups (broad SMARTS) is 1. The quantitative estimate of drug-likeness (QED) is 0.235. The summed E-state index contributed by atoms with van der Waals surface area (Å²) >= 11 is 0. The van der Waals surface area contributed by atoms with Crippen LogP contribution >= 0.6 is 0 Å². The third kappa shape index (κ3) is 6.33. The molecule has 2 aromatic heterocycles. The summed E-state index contributed by atoms with van der Waals surface area (Å²) in [6.45, 7) is 2.73. The Labute approximate surface area is 248 Å². The molecule has 3 heterocycles. The van der Waals surface area contributed by atoms with Crippen LogP contribution in [0.3, 0.4) is 0 Å². The number of rotatable bonds is 8. The van der Waals surface area contributed by atoms with Gasteiger partial charge in [-0.05, 0) is 61.7 Å². The summed E-state index contributed by atoms with van der Waals surface area (Å²) in [6, 6.07) is 14.1. The number of pyridine rings is 1. The number of hydrogen-bond acceptors (Lipinski definition) is 5. The molecule has 7 nitrogen and oxygen atoms in total. The van der Waals surface area contributed by atoms with E-state index in [-0.39, 0.29) is 45.0 Å². The van der Waals surface area contributed by atoms with Gasteiger partial charge >= 0.3 is 5.97 Å². The summed E-state index contributed by atoms with van der Waals surface area (Å²) in [6.07, 6.45) is 4.26. The largest absolute Gasteiger partial charge is 0.487 e. The zero-order chi connectivity index (χ0) is 30.1. The number of fused-ring (bicyclic) bond motifs is 1. The molecule has 10 heteroatoms. The first kappa shape index (κ1) is 29.0. The van der Waals surface area contributed by atoms with Crippen molar-refractivity contribution in [2.45, 2.75) is 70.4 Å². The van der Waals surface area contributed by atoms with Gasteiger partial charge in [-0.2, -0.15) is 0 Å². The molecule has 1 saturated heterocycles. The molecule has 1 N–H and O–H groups in total. The number of imidazole rings is 1. The van der Waals surface area contributed by atoms with Gasteiger partial charge in [0.15, 0.2) is 0 Å². The molecular formula is C33H35F3N4O3. The maximum absolute atomic E-state index is 15.3. The molecule has 1 saturated carbocycles. The molecule has 0 amide bonds. The van der Waals surface area contributed by atoms with E-state index in [2.05, 4.69) is 4.98 Å². The Morgan fingerprint density at radius 3 is 2.60 bits per heavy atom. The minimum Gasteiger partial charge on any atom is -0.487 e. The third-order valence-corrected chi connectivity index (χ3v) is 8.74. The monoisotopic (exact) mass is 592 g/mol. The van der Waals surface area contributed by atoms with Gasteiger partial charge in [-0.1, -0.05) is 18.9 Å². The molecule has 1 aliphatic heterocycles. The number of aryl methyl sites for hydroxylation is 1. The van der Waals surface area contributed by atoms with Crippen LogP contribution in [0.25, 0.3) is 11.0 Å². The molecule has 2 aromatic carbocycles. The van der Waals surface area contributed by atoms with Crippen LogP contribution in [0, 0.1) is 18.7 Å². The van der Waals surface area contributed by atoms with E-state index in [1.807, 2.05) is 46.7 Å². The van der Waals surface area contributed by atoms with Crippen molar-refractivity contribution in [3.8, 4) is 5.75 Å². The molecular weight excluding hydrogens is 557 g/mol. The Morgan fingerprint density at radius 2 is 1.86 bits per heavy atom. The Morgan fingerprint density at radius 1 is 1.07 bits per heavy atom. The van der Waals surface area contributed by atoms with Gasteiger partial charge in [0, 0.05) is 55.4 Å². The van der Waals surface area contributed by atoms with Crippen molar-refractivity contribution >= 4 is 22.7 Å². The summed E-state index contributed by atoms with van der Waals surface area (Å²) in [4.78, 5) is 23.4. The highest BCUT2D eigenvalue weighted by Gasteiger charge is 2.36. The van der Waals surface area contributed by atoms with Gasteiger partial charge in [-0.3, -0.25) is 9.78 Å². The average Bonchev–Trinajstić information content (AvgIpc) is 3.35. The SMILES string of the molecule is Cc1ccc(COc2ccc3nc([C@H]4CCCC[C@H]4C(=O)O)n(Cc4cc(N5CCC(F)(F)CC5)ccc4F)c3c2)nc1. The van der Waals surface area contributed by atoms with Crippen molar-refractivity contribution in [1.29, 1.82) is 0 Å². The number of ether oxygens (including phenoxy) is 1. The Kier molecular flexibility index (Phi) is 8.03. The summed E-state index contributed by atoms with van der Waals surface area (Å²) in [5, 5.41) is 10.0. The molecule has 6 rings (SSSR count). The number of piperidine rings is 1. The third-order valence-electron chi connectivity index (χ3n) is 8.74. The lowest BCUT2D eigenvalue weighted by molar-refractivity contribution is -0.143. The second kappa shape index (κ2) is 11.9. The van der Waals surface area contributed by atoms with Crippen LogP contribution in [0.15, 0.2) is 54.7 Å². The van der Waals surface area contributed by atoms with Gasteiger partial charge < -0.3 is 19.3 Å². The highest BCUT2D eigenvalue weighted by molar-refractivity contribution is 5.79. The number of nitrogens with zero attached hydrogens (tertiary/aromatic N) is 4. The first-order valence-corrected chi connectivity index (χ1v) is 14.9. The lowest BCUT2D eigenvalue weighted by Crippen LogP contribution is -2.39. The maximum atomic E-state index is 15.3. The van der Waals surface area contributed by atoms with Crippen LogP contribution in [-0.4, -0.2) is 44.6 Å². The number of halogens is 3. The predicted octanol–water partition coefficient (Wildman–Crippen LogP) is 7.10. The van der Waals surface area contributed by atoms with Crippen molar-refractivity contribution < 1.29 is 27.8 Å². The van der Waals surface area contributed by atoms with E-state index >= 15 is 4.39 Å². The van der Waals surface area contributed by atoms with Crippen LogP contribution < -0.4 is 9.64 Å². The van der Waals surface area contributed by atoms with Gasteiger partial charge in [-0.25, -0.2) is 18.2 Å². The minimum absolute atomic E-state index is 0.112. The Bertz CT molecular complexity index is 1610. The molecule has 0 bridgehead atoms. The summed E-state index contributed by atoms with van der Waals surface area (Å²) in [7, 11) is 0. The minimum atomic E-state index is -2.68. The predicted molar refractivity (Wildman–Crippen MR) is 157 cm³/mol. The van der Waals surface area contributed by atoms with E-state index in [1.165, 1.54) is 6.07 Å². The molecule has 0 radical (unpaired) electrons. The number of anilines is 1. The summed E-state index contributed by atoms with van der Waals surface area (Å²) in [5.74, 6) is -3.66. The van der Waals surface area contributed by atoms with Gasteiger partial charge in [0.05, 0.1) is 29.2 Å². The van der Waals surface area contributed by atoms with Crippen LogP contribution in [0.4, 0.5) is 18.9 Å². The second-order valence-electron chi connectivity index (χ2n) is 11.8. The fourth-order valence-electron chi connectivity index (χ4n) is 6.28. The maximum Gasteiger partial charge on any atom is 0.307 e. The number of benzene rings is 2. The number of aliphatic carboxylic acids is 1. The number of carbonyl (C=O) groups is 1. The van der Waals surface area contributed by atoms with Crippen LogP contribution in [0.5, 0.6) is 5.75 Å². The molecule has 1 aliphatic carbocycles. The Balaban J connectivity index is 1.37. The molecule has 2 atom stereocenters. The molecule has 4 aromatic rings. The smallest absolute Gasteiger partial charge is 0.307 e. The van der Waals surface area contributed by atoms with E-state index in [0.717, 1.165) is 24.1 Å². The fraction of sp³-hybridized carbons (Fsp3) is 0.424. The molecule has 226 valence electrons. The topological polar surface area (TPSA) is 80.5 Å². The highest BCUT2D eigenvalue weighted by atomic mass is 19.3. The van der Waals surface area contributed by atoms with Gasteiger partial charge in [0.1, 0.15) is 24.0 Å². The second-order valence-corrected chi connectivity index (χ2v) is 11.8. The van der Waals surface area contributed by atoms with Crippen LogP contribution in [0.1, 0.15) is 67.1 Å². The van der Waals surface area contributed by atoms with Crippen molar-refractivity contribution in [3.63, 3.8) is 0 Å². The lowest BCUT2D eigenvalue weighted by Gasteiger charge is -2.33. The van der Waals surface area contributed by atoms with Gasteiger partial charge in [-0.15, -0.1) is 0 Å². The van der Waals surface area contributed by atoms with E-state index in [9.17, 15) is 18.7 Å². The Hall–Kier alpha value is -4.08. The molecule has 2 fully saturated rings. The van der Waals surface area contributed by atoms with Gasteiger partial charge in [0.2, 0.25) is 0 Å². The van der Waals surface area contributed by atoms with E-state index < -0.39 is 23.6 Å². The molecule has 0 spiro atoms. The highest BCUT2D eigenvalue weighted by Crippen LogP contribution is 2.40. The standard InChI is InChI=1S/C33H35F3N4O3/c1-21-6-7-23(37-18-21)20-43-25-9-11-29-30(17-25)40(31(38-29)26-4-2-3-5-27(26)32(41)42)19-22-16-24(8-10-28(22)34)39-14-12-33(35,36)13-15-39/h6-11,16-18,26-27H,2-5,12-15,19-20H2,1H3,(H,41,42)/t26-,27+/m0/s1. The van der Waals surface area contributed by atoms with Crippen molar-refractivity contribution in [2.75, 3.05) is 18.0 Å². The van der Waals surface area contributed by atoms with E-state index in [1.54, 1.807) is 18.3 Å². The first-order chi connectivity index (χ1) is 20.7. The zero-order valence-corrected chi connectivity index (χ0v) is 24.1. The fourth-order valence-corrected chi connectivity index (χ4v) is 6.28. The molecule has 0 unspecified atom stereocenters. The van der Waals surface area contributed by atoms with Crippen molar-refractivity contribution in [1.82, 2.24) is 14.5 Å². The molecule has 2 aliphatic rings. The summed E-state index contributed by atoms with van der Waals surface area (Å²) in [5.41, 5.74) is 4.28. The van der Waals surface area contributed by atoms with Crippen LogP contribution in [-0.2, 0) is 17.9 Å². The number of aromatic nitrogens is 3. The molecule has 43 heavy (non-hydrogen) atoms. The lowest BCUT2D eigenvalue weighted by atomic mass is 9.78. The van der Waals surface area contributed by atoms with E-state index in [0.29, 0.717) is 46.7 Å². The number of carboxylic acids is 1. The zero-order valence-electron chi connectivity index (χ0n) is 24.1. The van der Waals surface area contributed by atoms with Crippen molar-refractivity contribution in [3.05, 3.63) is 83.2 Å². The van der Waals surface area contributed by atoms with Gasteiger partial charge in [0.25, 0.3) is 5.92 Å². The van der Waals surface area contributed by atoms with Crippen molar-refractivity contribution in [2.24, 2.45) is 5.92 Å².